The number of hydrogen-bond donors (Lipinski definition) is 2. The van der Waals surface area contributed by atoms with Gasteiger partial charge in [0.05, 0.1) is 17.6 Å². The highest BCUT2D eigenvalue weighted by Crippen LogP contribution is 2.33. The Morgan fingerprint density at radius 1 is 1.05 bits per heavy atom. The van der Waals surface area contributed by atoms with E-state index in [0.717, 1.165) is 51.3 Å². The molecule has 1 aliphatic rings. The normalized spacial score (nSPS) is 12.7. The quantitative estimate of drug-likeness (QED) is 0.189. The molecule has 3 aromatic carbocycles. The van der Waals surface area contributed by atoms with E-state index in [4.69, 9.17) is 12.2 Å². The number of alkyl halides is 3. The van der Waals surface area contributed by atoms with Crippen LogP contribution in [0.4, 0.5) is 18.9 Å². The van der Waals surface area contributed by atoms with Crippen molar-refractivity contribution in [2.75, 3.05) is 5.32 Å². The predicted octanol–water partition coefficient (Wildman–Crippen LogP) is 5.87. The van der Waals surface area contributed by atoms with Crippen molar-refractivity contribution in [1.29, 1.82) is 0 Å². The number of para-hydroxylation sites is 1. The van der Waals surface area contributed by atoms with Crippen LogP contribution < -0.4 is 15.5 Å². The molecular weight excluding hydrogens is 513 g/mol. The molecule has 1 aliphatic carbocycles. The largest absolute Gasteiger partial charge is 0.573 e. The molecule has 38 heavy (non-hydrogen) atoms. The third-order valence-corrected chi connectivity index (χ3v) is 6.39. The first-order valence-corrected chi connectivity index (χ1v) is 12.2. The molecule has 0 unspecified atom stereocenters. The molecule has 0 spiro atoms. The van der Waals surface area contributed by atoms with Gasteiger partial charge in [-0.05, 0) is 91.5 Å². The fourth-order valence-electron chi connectivity index (χ4n) is 4.43. The van der Waals surface area contributed by atoms with Crippen LogP contribution in [-0.2, 0) is 12.8 Å². The molecular formula is C27H23F3N6OS. The maximum absolute atomic E-state index is 12.5. The van der Waals surface area contributed by atoms with Crippen LogP contribution in [0.15, 0.2) is 65.8 Å². The standard InChI is InChI=1S/C27H23F3N6OS/c1-16-4-3-5-17(2)24(16)32-26(38)34-31-15-18-6-12-22-19(14-18)7-13-23-25(22)33-35-36(23)20-8-10-21(11-9-20)37-27(28,29)30/h3-6,8-12,14-15H,7,13H2,1-2H3,(H2,32,34,38). The molecule has 7 nitrogen and oxygen atoms in total. The summed E-state index contributed by atoms with van der Waals surface area (Å²) in [5.74, 6) is -0.286. The first-order valence-electron chi connectivity index (χ1n) is 11.8. The molecule has 194 valence electrons. The molecule has 0 amide bonds. The van der Waals surface area contributed by atoms with Crippen LogP contribution in [0.2, 0.25) is 0 Å². The third-order valence-electron chi connectivity index (χ3n) is 6.19. The van der Waals surface area contributed by atoms with E-state index in [0.29, 0.717) is 17.2 Å². The summed E-state index contributed by atoms with van der Waals surface area (Å²) < 4.78 is 43.0. The van der Waals surface area contributed by atoms with Crippen LogP contribution in [0.25, 0.3) is 16.9 Å². The Morgan fingerprint density at radius 3 is 2.50 bits per heavy atom. The summed E-state index contributed by atoms with van der Waals surface area (Å²) in [5, 5.41) is 16.5. The van der Waals surface area contributed by atoms with E-state index in [1.807, 2.05) is 50.2 Å². The summed E-state index contributed by atoms with van der Waals surface area (Å²) >= 11 is 5.37. The molecule has 0 aliphatic heterocycles. The second kappa shape index (κ2) is 10.3. The van der Waals surface area contributed by atoms with Gasteiger partial charge in [0.15, 0.2) is 5.11 Å². The van der Waals surface area contributed by atoms with E-state index in [1.54, 1.807) is 10.9 Å². The minimum atomic E-state index is -4.74. The summed E-state index contributed by atoms with van der Waals surface area (Å²) in [6.45, 7) is 4.03. The number of benzene rings is 3. The van der Waals surface area contributed by atoms with Gasteiger partial charge in [0, 0.05) is 11.3 Å². The van der Waals surface area contributed by atoms with Crippen LogP contribution in [0.1, 0.15) is 27.9 Å². The van der Waals surface area contributed by atoms with Crippen molar-refractivity contribution in [3.05, 3.63) is 88.6 Å². The number of nitrogens with zero attached hydrogens (tertiary/aromatic N) is 4. The van der Waals surface area contributed by atoms with Crippen LogP contribution in [0, 0.1) is 13.8 Å². The zero-order valence-electron chi connectivity index (χ0n) is 20.5. The molecule has 1 heterocycles. The van der Waals surface area contributed by atoms with E-state index >= 15 is 0 Å². The third kappa shape index (κ3) is 5.52. The van der Waals surface area contributed by atoms with Gasteiger partial charge in [0.25, 0.3) is 0 Å². The van der Waals surface area contributed by atoms with Crippen LogP contribution in [-0.4, -0.2) is 32.7 Å². The second-order valence-corrected chi connectivity index (χ2v) is 9.25. The molecule has 1 aromatic heterocycles. The first kappa shape index (κ1) is 25.4. The number of fused-ring (bicyclic) bond motifs is 3. The van der Waals surface area contributed by atoms with Crippen molar-refractivity contribution < 1.29 is 17.9 Å². The minimum Gasteiger partial charge on any atom is -0.406 e. The Kier molecular flexibility index (Phi) is 6.85. The van der Waals surface area contributed by atoms with E-state index in [9.17, 15) is 13.2 Å². The Balaban J connectivity index is 1.28. The highest BCUT2D eigenvalue weighted by molar-refractivity contribution is 7.80. The van der Waals surface area contributed by atoms with Gasteiger partial charge in [-0.1, -0.05) is 35.5 Å². The van der Waals surface area contributed by atoms with E-state index in [1.165, 1.54) is 24.3 Å². The lowest BCUT2D eigenvalue weighted by atomic mass is 9.91. The smallest absolute Gasteiger partial charge is 0.406 e. The molecule has 2 N–H and O–H groups in total. The number of anilines is 1. The zero-order chi connectivity index (χ0) is 26.9. The first-order chi connectivity index (χ1) is 18.2. The Labute approximate surface area is 222 Å². The van der Waals surface area contributed by atoms with E-state index < -0.39 is 6.36 Å². The number of thiocarbonyl (C=S) groups is 1. The Bertz CT molecular complexity index is 1510. The van der Waals surface area contributed by atoms with Gasteiger partial charge in [-0.25, -0.2) is 4.68 Å². The van der Waals surface area contributed by atoms with Gasteiger partial charge in [-0.2, -0.15) is 5.10 Å². The van der Waals surface area contributed by atoms with Gasteiger partial charge in [0.2, 0.25) is 0 Å². The summed E-state index contributed by atoms with van der Waals surface area (Å²) in [7, 11) is 0. The van der Waals surface area contributed by atoms with Crippen molar-refractivity contribution in [1.82, 2.24) is 20.4 Å². The Hall–Kier alpha value is -4.25. The highest BCUT2D eigenvalue weighted by atomic mass is 32.1. The lowest BCUT2D eigenvalue weighted by molar-refractivity contribution is -0.274. The van der Waals surface area contributed by atoms with Crippen LogP contribution >= 0.6 is 12.2 Å². The second-order valence-electron chi connectivity index (χ2n) is 8.85. The molecule has 0 radical (unpaired) electrons. The van der Waals surface area contributed by atoms with Crippen molar-refractivity contribution in [3.63, 3.8) is 0 Å². The van der Waals surface area contributed by atoms with Crippen LogP contribution in [0.3, 0.4) is 0 Å². The van der Waals surface area contributed by atoms with Crippen molar-refractivity contribution in [2.24, 2.45) is 5.10 Å². The average Bonchev–Trinajstić information content (AvgIpc) is 3.30. The van der Waals surface area contributed by atoms with Crippen molar-refractivity contribution in [3.8, 4) is 22.7 Å². The lowest BCUT2D eigenvalue weighted by Crippen LogP contribution is -2.24. The number of aromatic nitrogens is 3. The number of hydrogen-bond acceptors (Lipinski definition) is 5. The molecule has 11 heteroatoms. The van der Waals surface area contributed by atoms with Gasteiger partial charge in [-0.3, -0.25) is 5.43 Å². The maximum Gasteiger partial charge on any atom is 0.573 e. The monoisotopic (exact) mass is 536 g/mol. The number of halogens is 3. The molecule has 5 rings (SSSR count). The number of aryl methyl sites for hydroxylation is 3. The number of ether oxygens (including phenoxy) is 1. The highest BCUT2D eigenvalue weighted by Gasteiger charge is 2.31. The fraction of sp³-hybridized carbons (Fsp3) is 0.185. The Morgan fingerprint density at radius 2 is 1.79 bits per heavy atom. The molecule has 0 atom stereocenters. The van der Waals surface area contributed by atoms with Gasteiger partial charge >= 0.3 is 6.36 Å². The van der Waals surface area contributed by atoms with Crippen LogP contribution in [0.5, 0.6) is 5.75 Å². The maximum atomic E-state index is 12.5. The molecule has 0 saturated carbocycles. The zero-order valence-corrected chi connectivity index (χ0v) is 21.3. The molecule has 0 bridgehead atoms. The molecule has 4 aromatic rings. The van der Waals surface area contributed by atoms with Gasteiger partial charge < -0.3 is 10.1 Å². The molecule has 0 saturated heterocycles. The lowest BCUT2D eigenvalue weighted by Gasteiger charge is -2.17. The fourth-order valence-corrected chi connectivity index (χ4v) is 4.59. The van der Waals surface area contributed by atoms with Crippen molar-refractivity contribution >= 4 is 29.2 Å². The van der Waals surface area contributed by atoms with E-state index in [2.05, 4.69) is 30.9 Å². The van der Waals surface area contributed by atoms with E-state index in [-0.39, 0.29) is 5.75 Å². The number of rotatable bonds is 5. The topological polar surface area (TPSA) is 76.4 Å². The summed E-state index contributed by atoms with van der Waals surface area (Å²) in [5.41, 5.74) is 11.2. The number of hydrazone groups is 1. The van der Waals surface area contributed by atoms with Crippen molar-refractivity contribution in [2.45, 2.75) is 33.1 Å². The summed E-state index contributed by atoms with van der Waals surface area (Å²) in [6.07, 6.45) is -1.60. The van der Waals surface area contributed by atoms with Gasteiger partial charge in [0.1, 0.15) is 11.4 Å². The number of nitrogens with one attached hydrogen (secondary N) is 2. The molecule has 0 fully saturated rings. The summed E-state index contributed by atoms with van der Waals surface area (Å²) in [6, 6.07) is 17.6. The SMILES string of the molecule is Cc1cccc(C)c1NC(=S)NN=Cc1ccc2c(c1)CCc1c-2nnn1-c1ccc(OC(F)(F)F)cc1. The average molecular weight is 537 g/mol. The summed E-state index contributed by atoms with van der Waals surface area (Å²) in [4.78, 5) is 0. The minimum absolute atomic E-state index is 0.286. The predicted molar refractivity (Wildman–Crippen MR) is 144 cm³/mol. The van der Waals surface area contributed by atoms with Gasteiger partial charge in [-0.15, -0.1) is 18.3 Å².